The van der Waals surface area contributed by atoms with Gasteiger partial charge in [-0.3, -0.25) is 4.79 Å². The van der Waals surface area contributed by atoms with Crippen molar-refractivity contribution in [1.82, 2.24) is 4.90 Å². The topological polar surface area (TPSA) is 69.6 Å². The third kappa shape index (κ3) is 4.56. The Bertz CT molecular complexity index is 512. The summed E-state index contributed by atoms with van der Waals surface area (Å²) in [5.41, 5.74) is 1.23. The van der Waals surface area contributed by atoms with Crippen molar-refractivity contribution in [1.29, 1.82) is 0 Å². The number of aliphatic hydroxyl groups is 1. The average Bonchev–Trinajstić information content (AvgIpc) is 3.28. The zero-order valence-electron chi connectivity index (χ0n) is 12.3. The van der Waals surface area contributed by atoms with E-state index in [4.69, 9.17) is 5.11 Å². The van der Waals surface area contributed by atoms with Crippen molar-refractivity contribution in [2.24, 2.45) is 0 Å². The van der Waals surface area contributed by atoms with Gasteiger partial charge in [-0.15, -0.1) is 0 Å². The van der Waals surface area contributed by atoms with Crippen LogP contribution < -0.4 is 5.32 Å². The molecule has 5 nitrogen and oxygen atoms in total. The molecule has 114 valence electrons. The van der Waals surface area contributed by atoms with Gasteiger partial charge in [-0.05, 0) is 44.7 Å². The van der Waals surface area contributed by atoms with E-state index >= 15 is 0 Å². The minimum absolute atomic E-state index is 0.0203. The second-order valence-electron chi connectivity index (χ2n) is 5.42. The summed E-state index contributed by atoms with van der Waals surface area (Å²) in [4.78, 5) is 25.5. The molecule has 1 aromatic rings. The number of hydrogen-bond acceptors (Lipinski definition) is 3. The number of nitrogens with zero attached hydrogens (tertiary/aromatic N) is 1. The number of anilines is 1. The molecular formula is C16H22N2O3. The lowest BCUT2D eigenvalue weighted by atomic mass is 10.1. The molecule has 0 saturated heterocycles. The Balaban J connectivity index is 1.97. The minimum atomic E-state index is -0.129. The Morgan fingerprint density at radius 1 is 1.33 bits per heavy atom. The van der Waals surface area contributed by atoms with Gasteiger partial charge in [0.2, 0.25) is 0 Å². The molecule has 0 heterocycles. The highest BCUT2D eigenvalue weighted by atomic mass is 16.3. The van der Waals surface area contributed by atoms with E-state index < -0.39 is 0 Å². The van der Waals surface area contributed by atoms with Gasteiger partial charge in [0, 0.05) is 30.4 Å². The van der Waals surface area contributed by atoms with E-state index in [-0.39, 0.29) is 18.4 Å². The second-order valence-corrected chi connectivity index (χ2v) is 5.42. The Morgan fingerprint density at radius 2 is 2.10 bits per heavy atom. The maximum atomic E-state index is 12.3. The number of urea groups is 1. The van der Waals surface area contributed by atoms with Crippen LogP contribution in [0.3, 0.4) is 0 Å². The molecule has 1 fully saturated rings. The molecular weight excluding hydrogens is 268 g/mol. The molecule has 0 unspecified atom stereocenters. The number of rotatable bonds is 7. The van der Waals surface area contributed by atoms with Gasteiger partial charge in [-0.25, -0.2) is 4.79 Å². The summed E-state index contributed by atoms with van der Waals surface area (Å²) in [5.74, 6) is -0.0203. The van der Waals surface area contributed by atoms with Crippen LogP contribution in [0.2, 0.25) is 0 Å². The molecule has 0 aromatic heterocycles. The molecule has 21 heavy (non-hydrogen) atoms. The van der Waals surface area contributed by atoms with Gasteiger partial charge in [0.05, 0.1) is 0 Å². The largest absolute Gasteiger partial charge is 0.396 e. The molecule has 0 atom stereocenters. The third-order valence-corrected chi connectivity index (χ3v) is 3.58. The predicted molar refractivity (Wildman–Crippen MR) is 81.5 cm³/mol. The van der Waals surface area contributed by atoms with Crippen molar-refractivity contribution in [3.63, 3.8) is 0 Å². The van der Waals surface area contributed by atoms with Crippen LogP contribution in [0.25, 0.3) is 0 Å². The van der Waals surface area contributed by atoms with Crippen LogP contribution in [-0.4, -0.2) is 41.0 Å². The van der Waals surface area contributed by atoms with Crippen LogP contribution in [0, 0.1) is 0 Å². The SMILES string of the molecule is CC(=O)c1cccc(NC(=O)N(CCCCO)C2CC2)c1. The molecule has 0 radical (unpaired) electrons. The molecule has 1 saturated carbocycles. The van der Waals surface area contributed by atoms with Crippen LogP contribution in [0.4, 0.5) is 10.5 Å². The van der Waals surface area contributed by atoms with Crippen LogP contribution in [0.15, 0.2) is 24.3 Å². The fourth-order valence-electron chi connectivity index (χ4n) is 2.24. The number of carbonyl (C=O) groups is 2. The first-order valence-corrected chi connectivity index (χ1v) is 7.41. The molecule has 0 aliphatic heterocycles. The molecule has 2 N–H and O–H groups in total. The lowest BCUT2D eigenvalue weighted by Gasteiger charge is -2.22. The Labute approximate surface area is 125 Å². The number of ketones is 1. The summed E-state index contributed by atoms with van der Waals surface area (Å²) >= 11 is 0. The molecule has 0 bridgehead atoms. The zero-order chi connectivity index (χ0) is 15.2. The van der Waals surface area contributed by atoms with Gasteiger partial charge < -0.3 is 15.3 Å². The van der Waals surface area contributed by atoms with Gasteiger partial charge >= 0.3 is 6.03 Å². The summed E-state index contributed by atoms with van der Waals surface area (Å²) in [6.45, 7) is 2.32. The van der Waals surface area contributed by atoms with Crippen molar-refractivity contribution in [2.75, 3.05) is 18.5 Å². The highest BCUT2D eigenvalue weighted by Gasteiger charge is 2.32. The van der Waals surface area contributed by atoms with E-state index in [1.165, 1.54) is 6.92 Å². The summed E-state index contributed by atoms with van der Waals surface area (Å²) < 4.78 is 0. The summed E-state index contributed by atoms with van der Waals surface area (Å²) in [5, 5.41) is 11.7. The number of carbonyl (C=O) groups excluding carboxylic acids is 2. The maximum Gasteiger partial charge on any atom is 0.322 e. The highest BCUT2D eigenvalue weighted by Crippen LogP contribution is 2.28. The molecule has 0 spiro atoms. The van der Waals surface area contributed by atoms with E-state index in [1.807, 2.05) is 4.90 Å². The number of nitrogens with one attached hydrogen (secondary N) is 1. The molecule has 1 aliphatic carbocycles. The van der Waals surface area contributed by atoms with Crippen LogP contribution in [0.1, 0.15) is 43.0 Å². The number of aliphatic hydroxyl groups excluding tert-OH is 1. The first-order valence-electron chi connectivity index (χ1n) is 7.41. The van der Waals surface area contributed by atoms with Crippen LogP contribution >= 0.6 is 0 Å². The van der Waals surface area contributed by atoms with Crippen LogP contribution in [-0.2, 0) is 0 Å². The van der Waals surface area contributed by atoms with E-state index in [9.17, 15) is 9.59 Å². The standard InChI is InChI=1S/C16H22N2O3/c1-12(20)13-5-4-6-14(11-13)17-16(21)18(15-7-8-15)9-2-3-10-19/h4-6,11,15,19H,2-3,7-10H2,1H3,(H,17,21). The maximum absolute atomic E-state index is 12.3. The fraction of sp³-hybridized carbons (Fsp3) is 0.500. The first kappa shape index (κ1) is 15.5. The van der Waals surface area contributed by atoms with E-state index in [0.29, 0.717) is 30.3 Å². The third-order valence-electron chi connectivity index (χ3n) is 3.58. The van der Waals surface area contributed by atoms with E-state index in [2.05, 4.69) is 5.32 Å². The quantitative estimate of drug-likeness (QED) is 0.599. The Morgan fingerprint density at radius 3 is 2.71 bits per heavy atom. The van der Waals surface area contributed by atoms with Crippen molar-refractivity contribution in [3.05, 3.63) is 29.8 Å². The summed E-state index contributed by atoms with van der Waals surface area (Å²) in [6, 6.07) is 7.16. The van der Waals surface area contributed by atoms with Crippen molar-refractivity contribution < 1.29 is 14.7 Å². The lowest BCUT2D eigenvalue weighted by molar-refractivity contribution is 0.101. The second kappa shape index (κ2) is 7.22. The zero-order valence-corrected chi connectivity index (χ0v) is 12.3. The number of unbranched alkanes of at least 4 members (excludes halogenated alkanes) is 1. The van der Waals surface area contributed by atoms with Crippen LogP contribution in [0.5, 0.6) is 0 Å². The van der Waals surface area contributed by atoms with Gasteiger partial charge in [0.1, 0.15) is 0 Å². The monoisotopic (exact) mass is 290 g/mol. The van der Waals surface area contributed by atoms with Crippen molar-refractivity contribution in [2.45, 2.75) is 38.6 Å². The number of hydrogen-bond donors (Lipinski definition) is 2. The number of amides is 2. The summed E-state index contributed by atoms with van der Waals surface area (Å²) in [6.07, 6.45) is 3.59. The smallest absolute Gasteiger partial charge is 0.322 e. The van der Waals surface area contributed by atoms with Gasteiger partial charge in [0.25, 0.3) is 0 Å². The highest BCUT2D eigenvalue weighted by molar-refractivity contribution is 5.96. The average molecular weight is 290 g/mol. The molecule has 2 amide bonds. The molecule has 1 aromatic carbocycles. The number of benzene rings is 1. The normalized spacial score (nSPS) is 13.8. The predicted octanol–water partition coefficient (Wildman–Crippen LogP) is 2.66. The summed E-state index contributed by atoms with van der Waals surface area (Å²) in [7, 11) is 0. The van der Waals surface area contributed by atoms with Gasteiger partial charge in [-0.1, -0.05) is 12.1 Å². The van der Waals surface area contributed by atoms with Crippen molar-refractivity contribution >= 4 is 17.5 Å². The Hall–Kier alpha value is -1.88. The van der Waals surface area contributed by atoms with E-state index in [1.54, 1.807) is 24.3 Å². The number of Topliss-reactive ketones (excluding diaryl/α,β-unsaturated/α-hetero) is 1. The Kier molecular flexibility index (Phi) is 5.33. The molecule has 5 heteroatoms. The lowest BCUT2D eigenvalue weighted by Crippen LogP contribution is -2.37. The molecule has 2 rings (SSSR count). The fourth-order valence-corrected chi connectivity index (χ4v) is 2.24. The van der Waals surface area contributed by atoms with Gasteiger partial charge in [0.15, 0.2) is 5.78 Å². The van der Waals surface area contributed by atoms with Crippen molar-refractivity contribution in [3.8, 4) is 0 Å². The first-order chi connectivity index (χ1) is 10.1. The molecule has 1 aliphatic rings. The van der Waals surface area contributed by atoms with E-state index in [0.717, 1.165) is 19.3 Å². The minimum Gasteiger partial charge on any atom is -0.396 e. The van der Waals surface area contributed by atoms with Gasteiger partial charge in [-0.2, -0.15) is 0 Å².